The average molecular weight is 275 g/mol. The first-order chi connectivity index (χ1) is 9.41. The van der Waals surface area contributed by atoms with Crippen LogP contribution < -0.4 is 0 Å². The summed E-state index contributed by atoms with van der Waals surface area (Å²) in [7, 11) is 0. The molecule has 20 heavy (non-hydrogen) atoms. The van der Waals surface area contributed by atoms with Crippen LogP contribution in [0, 0.1) is 13.8 Å². The minimum absolute atomic E-state index is 0.446. The molecule has 0 saturated carbocycles. The van der Waals surface area contributed by atoms with Gasteiger partial charge < -0.3 is 4.52 Å². The molecule has 4 nitrogen and oxygen atoms in total. The standard InChI is InChI=1S/C16H25N3O/c1-9(2)15-11(5)17-18-13(15)7-8-14-16(10(3)4)12(6)19-20-14/h9-10H,7-8H2,1-6H3,(H,17,18). The number of nitrogens with zero attached hydrogens (tertiary/aromatic N) is 2. The molecule has 2 rings (SSSR count). The molecule has 1 N–H and O–H groups in total. The zero-order valence-electron chi connectivity index (χ0n) is 13.4. The second-order valence-electron chi connectivity index (χ2n) is 6.12. The molecule has 0 atom stereocenters. The van der Waals surface area contributed by atoms with E-state index in [1.165, 1.54) is 16.8 Å². The number of rotatable bonds is 5. The predicted octanol–water partition coefficient (Wildman–Crippen LogP) is 4.05. The second-order valence-corrected chi connectivity index (χ2v) is 6.12. The summed E-state index contributed by atoms with van der Waals surface area (Å²) in [5.41, 5.74) is 5.93. The lowest BCUT2D eigenvalue weighted by atomic mass is 9.95. The smallest absolute Gasteiger partial charge is 0.140 e. The Morgan fingerprint density at radius 3 is 2.25 bits per heavy atom. The largest absolute Gasteiger partial charge is 0.361 e. The van der Waals surface area contributed by atoms with Crippen LogP contribution in [0.25, 0.3) is 0 Å². The zero-order valence-corrected chi connectivity index (χ0v) is 13.4. The van der Waals surface area contributed by atoms with Gasteiger partial charge in [0.1, 0.15) is 5.76 Å². The number of aryl methyl sites for hydroxylation is 4. The number of H-pyrrole nitrogens is 1. The van der Waals surface area contributed by atoms with Crippen LogP contribution in [0.1, 0.15) is 73.5 Å². The van der Waals surface area contributed by atoms with E-state index in [1.807, 2.05) is 6.92 Å². The van der Waals surface area contributed by atoms with E-state index in [0.717, 1.165) is 30.0 Å². The van der Waals surface area contributed by atoms with Crippen LogP contribution in [-0.2, 0) is 12.8 Å². The van der Waals surface area contributed by atoms with Crippen LogP contribution in [0.2, 0.25) is 0 Å². The van der Waals surface area contributed by atoms with Gasteiger partial charge in [0.05, 0.1) is 11.4 Å². The quantitative estimate of drug-likeness (QED) is 0.895. The molecule has 0 fully saturated rings. The van der Waals surface area contributed by atoms with Gasteiger partial charge in [-0.05, 0) is 37.7 Å². The Morgan fingerprint density at radius 1 is 1.00 bits per heavy atom. The zero-order chi connectivity index (χ0) is 14.9. The third kappa shape index (κ3) is 2.79. The van der Waals surface area contributed by atoms with E-state index in [1.54, 1.807) is 0 Å². The first kappa shape index (κ1) is 14.8. The van der Waals surface area contributed by atoms with Gasteiger partial charge in [-0.25, -0.2) is 0 Å². The minimum Gasteiger partial charge on any atom is -0.361 e. The molecular formula is C16H25N3O. The maximum atomic E-state index is 5.50. The third-order valence-electron chi connectivity index (χ3n) is 3.80. The van der Waals surface area contributed by atoms with Gasteiger partial charge in [-0.2, -0.15) is 5.10 Å². The van der Waals surface area contributed by atoms with E-state index in [4.69, 9.17) is 4.52 Å². The monoisotopic (exact) mass is 275 g/mol. The molecule has 0 bridgehead atoms. The Labute approximate surface area is 121 Å². The van der Waals surface area contributed by atoms with Crippen molar-refractivity contribution in [2.75, 3.05) is 0 Å². The lowest BCUT2D eigenvalue weighted by Gasteiger charge is -2.08. The summed E-state index contributed by atoms with van der Waals surface area (Å²) in [4.78, 5) is 0. The molecule has 0 aliphatic heterocycles. The van der Waals surface area contributed by atoms with Crippen molar-refractivity contribution in [3.05, 3.63) is 34.0 Å². The maximum Gasteiger partial charge on any atom is 0.140 e. The molecule has 2 heterocycles. The Morgan fingerprint density at radius 2 is 1.65 bits per heavy atom. The SMILES string of the molecule is Cc1noc(CCc2n[nH]c(C)c2C(C)C)c1C(C)C. The van der Waals surface area contributed by atoms with E-state index in [-0.39, 0.29) is 0 Å². The highest BCUT2D eigenvalue weighted by Gasteiger charge is 2.18. The van der Waals surface area contributed by atoms with Crippen LogP contribution in [-0.4, -0.2) is 15.4 Å². The second kappa shape index (κ2) is 5.81. The fraction of sp³-hybridized carbons (Fsp3) is 0.625. The maximum absolute atomic E-state index is 5.50. The van der Waals surface area contributed by atoms with Crippen molar-refractivity contribution in [1.82, 2.24) is 15.4 Å². The summed E-state index contributed by atoms with van der Waals surface area (Å²) < 4.78 is 5.50. The highest BCUT2D eigenvalue weighted by molar-refractivity contribution is 5.30. The van der Waals surface area contributed by atoms with E-state index in [0.29, 0.717) is 11.8 Å². The van der Waals surface area contributed by atoms with Crippen molar-refractivity contribution in [2.24, 2.45) is 0 Å². The van der Waals surface area contributed by atoms with Gasteiger partial charge in [0.25, 0.3) is 0 Å². The topological polar surface area (TPSA) is 54.7 Å². The number of nitrogens with one attached hydrogen (secondary N) is 1. The van der Waals surface area contributed by atoms with Crippen molar-refractivity contribution in [3.63, 3.8) is 0 Å². The van der Waals surface area contributed by atoms with Crippen LogP contribution >= 0.6 is 0 Å². The summed E-state index contributed by atoms with van der Waals surface area (Å²) >= 11 is 0. The molecular weight excluding hydrogens is 250 g/mol. The summed E-state index contributed by atoms with van der Waals surface area (Å²) in [5.74, 6) is 1.94. The van der Waals surface area contributed by atoms with E-state index >= 15 is 0 Å². The minimum atomic E-state index is 0.446. The van der Waals surface area contributed by atoms with E-state index in [2.05, 4.69) is 50.0 Å². The summed E-state index contributed by atoms with van der Waals surface area (Å²) in [6, 6.07) is 0. The van der Waals surface area contributed by atoms with Crippen molar-refractivity contribution in [1.29, 1.82) is 0 Å². The van der Waals surface area contributed by atoms with Crippen LogP contribution in [0.15, 0.2) is 4.52 Å². The van der Waals surface area contributed by atoms with Gasteiger partial charge in [0.2, 0.25) is 0 Å². The number of aromatic amines is 1. The van der Waals surface area contributed by atoms with Crippen molar-refractivity contribution < 1.29 is 4.52 Å². The molecule has 0 aromatic carbocycles. The number of aromatic nitrogens is 3. The molecule has 0 saturated heterocycles. The highest BCUT2D eigenvalue weighted by Crippen LogP contribution is 2.26. The first-order valence-electron chi connectivity index (χ1n) is 7.40. The lowest BCUT2D eigenvalue weighted by molar-refractivity contribution is 0.377. The average Bonchev–Trinajstić information content (AvgIpc) is 2.89. The Hall–Kier alpha value is -1.58. The van der Waals surface area contributed by atoms with Crippen LogP contribution in [0.3, 0.4) is 0 Å². The molecule has 0 radical (unpaired) electrons. The molecule has 2 aromatic rings. The van der Waals surface area contributed by atoms with Gasteiger partial charge in [0, 0.05) is 17.7 Å². The summed E-state index contributed by atoms with van der Waals surface area (Å²) in [6.07, 6.45) is 1.75. The van der Waals surface area contributed by atoms with Gasteiger partial charge in [-0.1, -0.05) is 32.9 Å². The molecule has 0 aliphatic rings. The van der Waals surface area contributed by atoms with Crippen molar-refractivity contribution in [2.45, 2.75) is 66.2 Å². The lowest BCUT2D eigenvalue weighted by Crippen LogP contribution is -2.00. The fourth-order valence-corrected chi connectivity index (χ4v) is 3.02. The molecule has 2 aromatic heterocycles. The summed E-state index contributed by atoms with van der Waals surface area (Å²) in [5, 5.41) is 11.7. The van der Waals surface area contributed by atoms with E-state index < -0.39 is 0 Å². The molecule has 110 valence electrons. The van der Waals surface area contributed by atoms with Crippen LogP contribution in [0.4, 0.5) is 0 Å². The molecule has 0 amide bonds. The third-order valence-corrected chi connectivity index (χ3v) is 3.80. The Kier molecular flexibility index (Phi) is 4.31. The van der Waals surface area contributed by atoms with E-state index in [9.17, 15) is 0 Å². The van der Waals surface area contributed by atoms with Gasteiger partial charge in [0.15, 0.2) is 0 Å². The van der Waals surface area contributed by atoms with Crippen molar-refractivity contribution >= 4 is 0 Å². The molecule has 0 aliphatic carbocycles. The Bertz CT molecular complexity index is 526. The van der Waals surface area contributed by atoms with Gasteiger partial charge >= 0.3 is 0 Å². The molecule has 0 spiro atoms. The highest BCUT2D eigenvalue weighted by atomic mass is 16.5. The van der Waals surface area contributed by atoms with Gasteiger partial charge in [-0.15, -0.1) is 0 Å². The first-order valence-corrected chi connectivity index (χ1v) is 7.40. The van der Waals surface area contributed by atoms with Gasteiger partial charge in [-0.3, -0.25) is 5.10 Å². The van der Waals surface area contributed by atoms with Crippen LogP contribution in [0.5, 0.6) is 0 Å². The predicted molar refractivity (Wildman–Crippen MR) is 80.2 cm³/mol. The molecule has 0 unspecified atom stereocenters. The Balaban J connectivity index is 2.18. The fourth-order valence-electron chi connectivity index (χ4n) is 3.02. The number of hydrogen-bond acceptors (Lipinski definition) is 3. The normalized spacial score (nSPS) is 11.8. The number of hydrogen-bond donors (Lipinski definition) is 1. The molecule has 4 heteroatoms. The summed E-state index contributed by atoms with van der Waals surface area (Å²) in [6.45, 7) is 12.9. The van der Waals surface area contributed by atoms with Crippen molar-refractivity contribution in [3.8, 4) is 0 Å².